The van der Waals surface area contributed by atoms with Crippen molar-refractivity contribution in [3.8, 4) is 0 Å². The van der Waals surface area contributed by atoms with Crippen LogP contribution in [0.5, 0.6) is 0 Å². The second kappa shape index (κ2) is 4.54. The quantitative estimate of drug-likeness (QED) is 0.520. The molecular formula is C7H17N3O3S. The van der Waals surface area contributed by atoms with E-state index in [1.807, 2.05) is 0 Å². The number of aliphatic hydroxyl groups excluding tert-OH is 1. The van der Waals surface area contributed by atoms with Crippen LogP contribution in [0.3, 0.4) is 0 Å². The summed E-state index contributed by atoms with van der Waals surface area (Å²) in [5.74, 6) is 0. The van der Waals surface area contributed by atoms with Gasteiger partial charge in [0, 0.05) is 26.7 Å². The van der Waals surface area contributed by atoms with E-state index >= 15 is 0 Å². The minimum absolute atomic E-state index is 0.350. The first-order valence-corrected chi connectivity index (χ1v) is 6.04. The molecule has 0 aromatic carbocycles. The summed E-state index contributed by atoms with van der Waals surface area (Å²) < 4.78 is 26.6. The standard InChI is InChI=1S/C7H17N3O3S/c1-3-9-14(12,13)10(2)6-4-8-5-7(6)11/h6-9,11H,3-5H2,1-2H3/t6-,7-/m0/s1. The maximum Gasteiger partial charge on any atom is 0.279 e. The van der Waals surface area contributed by atoms with Crippen molar-refractivity contribution < 1.29 is 13.5 Å². The van der Waals surface area contributed by atoms with Crippen molar-refractivity contribution in [2.24, 2.45) is 0 Å². The van der Waals surface area contributed by atoms with Crippen molar-refractivity contribution in [2.75, 3.05) is 26.7 Å². The molecule has 1 fully saturated rings. The van der Waals surface area contributed by atoms with Gasteiger partial charge in [0.05, 0.1) is 12.1 Å². The van der Waals surface area contributed by atoms with E-state index in [0.29, 0.717) is 19.6 Å². The third-order valence-electron chi connectivity index (χ3n) is 2.32. The van der Waals surface area contributed by atoms with Gasteiger partial charge in [0.25, 0.3) is 10.2 Å². The van der Waals surface area contributed by atoms with Gasteiger partial charge in [-0.3, -0.25) is 0 Å². The predicted octanol–water partition coefficient (Wildman–Crippen LogP) is -1.89. The monoisotopic (exact) mass is 223 g/mol. The molecule has 0 saturated carbocycles. The fraction of sp³-hybridized carbons (Fsp3) is 1.00. The minimum Gasteiger partial charge on any atom is -0.390 e. The molecule has 0 aliphatic carbocycles. The summed E-state index contributed by atoms with van der Waals surface area (Å²) >= 11 is 0. The summed E-state index contributed by atoms with van der Waals surface area (Å²) in [6, 6.07) is -0.376. The van der Waals surface area contributed by atoms with Crippen molar-refractivity contribution >= 4 is 10.2 Å². The van der Waals surface area contributed by atoms with Gasteiger partial charge in [-0.25, -0.2) is 4.72 Å². The molecule has 3 N–H and O–H groups in total. The van der Waals surface area contributed by atoms with Gasteiger partial charge < -0.3 is 10.4 Å². The van der Waals surface area contributed by atoms with Crippen LogP contribution in [0.1, 0.15) is 6.92 Å². The Hall–Kier alpha value is -0.210. The number of hydrogen-bond acceptors (Lipinski definition) is 4. The van der Waals surface area contributed by atoms with Crippen LogP contribution in [-0.2, 0) is 10.2 Å². The summed E-state index contributed by atoms with van der Waals surface area (Å²) in [5, 5.41) is 12.4. The van der Waals surface area contributed by atoms with E-state index in [-0.39, 0.29) is 6.04 Å². The second-order valence-electron chi connectivity index (χ2n) is 3.31. The molecule has 84 valence electrons. The molecule has 7 heteroatoms. The SMILES string of the molecule is CCNS(=O)(=O)N(C)[C@H]1CNC[C@@H]1O. The molecule has 0 amide bonds. The van der Waals surface area contributed by atoms with Crippen LogP contribution in [0.4, 0.5) is 0 Å². The molecular weight excluding hydrogens is 206 g/mol. The average Bonchev–Trinajstić information content (AvgIpc) is 2.50. The summed E-state index contributed by atoms with van der Waals surface area (Å²) in [6.07, 6.45) is -0.631. The molecule has 0 bridgehead atoms. The van der Waals surface area contributed by atoms with Gasteiger partial charge in [-0.1, -0.05) is 6.92 Å². The number of nitrogens with one attached hydrogen (secondary N) is 2. The number of aliphatic hydroxyl groups is 1. The highest BCUT2D eigenvalue weighted by Crippen LogP contribution is 2.10. The van der Waals surface area contributed by atoms with Crippen molar-refractivity contribution in [1.82, 2.24) is 14.3 Å². The van der Waals surface area contributed by atoms with Crippen LogP contribution in [-0.4, -0.2) is 56.7 Å². The lowest BCUT2D eigenvalue weighted by Gasteiger charge is -2.25. The molecule has 0 radical (unpaired) electrons. The predicted molar refractivity (Wildman–Crippen MR) is 53.0 cm³/mol. The van der Waals surface area contributed by atoms with Gasteiger partial charge in [0.15, 0.2) is 0 Å². The Morgan fingerprint density at radius 3 is 2.64 bits per heavy atom. The maximum absolute atomic E-state index is 11.5. The Morgan fingerprint density at radius 1 is 1.57 bits per heavy atom. The number of nitrogens with zero attached hydrogens (tertiary/aromatic N) is 1. The second-order valence-corrected chi connectivity index (χ2v) is 5.13. The molecule has 2 atom stereocenters. The normalized spacial score (nSPS) is 28.6. The minimum atomic E-state index is -3.44. The van der Waals surface area contributed by atoms with E-state index < -0.39 is 16.3 Å². The molecule has 0 aromatic heterocycles. The van der Waals surface area contributed by atoms with Crippen LogP contribution in [0.25, 0.3) is 0 Å². The summed E-state index contributed by atoms with van der Waals surface area (Å²) in [7, 11) is -1.97. The Morgan fingerprint density at radius 2 is 2.21 bits per heavy atom. The Bertz CT molecular complexity index is 280. The number of hydrogen-bond donors (Lipinski definition) is 3. The zero-order valence-electron chi connectivity index (χ0n) is 8.40. The Kier molecular flexibility index (Phi) is 3.85. The van der Waals surface area contributed by atoms with Crippen LogP contribution < -0.4 is 10.0 Å². The first kappa shape index (κ1) is 11.9. The highest BCUT2D eigenvalue weighted by Gasteiger charge is 2.34. The number of β-amino-alcohol motifs (C(OH)–C–C–N with tert-alkyl or cyclic N) is 1. The molecule has 14 heavy (non-hydrogen) atoms. The summed E-state index contributed by atoms with van der Waals surface area (Å²) in [5.41, 5.74) is 0. The molecule has 6 nitrogen and oxygen atoms in total. The molecule has 1 saturated heterocycles. The van der Waals surface area contributed by atoms with E-state index in [9.17, 15) is 13.5 Å². The van der Waals surface area contributed by atoms with Crippen LogP contribution in [0.15, 0.2) is 0 Å². The maximum atomic E-state index is 11.5. The van der Waals surface area contributed by atoms with E-state index in [1.54, 1.807) is 6.92 Å². The van der Waals surface area contributed by atoms with Gasteiger partial charge in [0.1, 0.15) is 0 Å². The fourth-order valence-corrected chi connectivity index (χ4v) is 2.62. The fourth-order valence-electron chi connectivity index (χ4n) is 1.48. The first-order valence-electron chi connectivity index (χ1n) is 4.60. The zero-order valence-corrected chi connectivity index (χ0v) is 9.21. The van der Waals surface area contributed by atoms with Crippen molar-refractivity contribution in [3.63, 3.8) is 0 Å². The van der Waals surface area contributed by atoms with E-state index in [4.69, 9.17) is 0 Å². The Balaban J connectivity index is 2.68. The van der Waals surface area contributed by atoms with Crippen LogP contribution in [0, 0.1) is 0 Å². The molecule has 1 aliphatic heterocycles. The van der Waals surface area contributed by atoms with Crippen LogP contribution >= 0.6 is 0 Å². The van der Waals surface area contributed by atoms with Gasteiger partial charge in [0.2, 0.25) is 0 Å². The molecule has 0 unspecified atom stereocenters. The zero-order chi connectivity index (χ0) is 10.8. The average molecular weight is 223 g/mol. The number of rotatable bonds is 4. The Labute approximate surface area is 84.5 Å². The van der Waals surface area contributed by atoms with Gasteiger partial charge >= 0.3 is 0 Å². The largest absolute Gasteiger partial charge is 0.390 e. The molecule has 0 aromatic rings. The van der Waals surface area contributed by atoms with Gasteiger partial charge in [-0.2, -0.15) is 12.7 Å². The van der Waals surface area contributed by atoms with Crippen molar-refractivity contribution in [2.45, 2.75) is 19.1 Å². The summed E-state index contributed by atoms with van der Waals surface area (Å²) in [4.78, 5) is 0. The summed E-state index contributed by atoms with van der Waals surface area (Å²) in [6.45, 7) is 3.00. The first-order chi connectivity index (χ1) is 6.49. The lowest BCUT2D eigenvalue weighted by molar-refractivity contribution is 0.136. The molecule has 0 spiro atoms. The number of likely N-dealkylation sites (N-methyl/N-ethyl adjacent to an activating group) is 1. The van der Waals surface area contributed by atoms with Crippen molar-refractivity contribution in [3.05, 3.63) is 0 Å². The highest BCUT2D eigenvalue weighted by atomic mass is 32.2. The lowest BCUT2D eigenvalue weighted by Crippen LogP contribution is -2.48. The third-order valence-corrected chi connectivity index (χ3v) is 4.01. The van der Waals surface area contributed by atoms with Gasteiger partial charge in [-0.15, -0.1) is 0 Å². The smallest absolute Gasteiger partial charge is 0.279 e. The van der Waals surface area contributed by atoms with Gasteiger partial charge in [-0.05, 0) is 0 Å². The van der Waals surface area contributed by atoms with Crippen molar-refractivity contribution in [1.29, 1.82) is 0 Å². The van der Waals surface area contributed by atoms with E-state index in [1.165, 1.54) is 11.4 Å². The highest BCUT2D eigenvalue weighted by molar-refractivity contribution is 7.87. The third kappa shape index (κ3) is 2.43. The topological polar surface area (TPSA) is 81.7 Å². The lowest BCUT2D eigenvalue weighted by atomic mass is 10.2. The van der Waals surface area contributed by atoms with E-state index in [2.05, 4.69) is 10.0 Å². The molecule has 1 heterocycles. The molecule has 1 rings (SSSR count). The van der Waals surface area contributed by atoms with Crippen LogP contribution in [0.2, 0.25) is 0 Å². The van der Waals surface area contributed by atoms with E-state index in [0.717, 1.165) is 0 Å². The molecule has 1 aliphatic rings.